The lowest BCUT2D eigenvalue weighted by Gasteiger charge is -2.30. The summed E-state index contributed by atoms with van der Waals surface area (Å²) in [6.07, 6.45) is 7.78. The van der Waals surface area contributed by atoms with E-state index in [2.05, 4.69) is 32.5 Å². The fraction of sp³-hybridized carbons (Fsp3) is 0.609. The Hall–Kier alpha value is -3.01. The highest BCUT2D eigenvalue weighted by atomic mass is 16.5. The summed E-state index contributed by atoms with van der Waals surface area (Å²) in [5, 5.41) is 13.2. The summed E-state index contributed by atoms with van der Waals surface area (Å²) >= 11 is 0. The molecule has 1 unspecified atom stereocenters. The van der Waals surface area contributed by atoms with Crippen molar-refractivity contribution in [2.75, 3.05) is 31.6 Å². The zero-order valence-corrected chi connectivity index (χ0v) is 19.3. The number of aromatic nitrogens is 5. The SMILES string of the molecule is CCn1ncc2c(NC3CCOCC3)c(-c3nc(CC(=O)N4CCCC(C)C4)no3)cnc21. The Morgan fingerprint density at radius 2 is 2.09 bits per heavy atom. The van der Waals surface area contributed by atoms with Crippen LogP contribution in [0.15, 0.2) is 16.9 Å². The Bertz CT molecular complexity index is 1120. The van der Waals surface area contributed by atoms with Gasteiger partial charge in [-0.15, -0.1) is 0 Å². The van der Waals surface area contributed by atoms with Crippen molar-refractivity contribution in [2.45, 2.75) is 58.5 Å². The van der Waals surface area contributed by atoms with Gasteiger partial charge in [-0.2, -0.15) is 10.1 Å². The molecule has 3 aromatic rings. The molecule has 10 nitrogen and oxygen atoms in total. The van der Waals surface area contributed by atoms with Gasteiger partial charge in [0, 0.05) is 45.1 Å². The Morgan fingerprint density at radius 1 is 1.24 bits per heavy atom. The van der Waals surface area contributed by atoms with Gasteiger partial charge in [-0.3, -0.25) is 4.79 Å². The van der Waals surface area contributed by atoms with E-state index in [4.69, 9.17) is 9.26 Å². The second-order valence-corrected chi connectivity index (χ2v) is 9.06. The zero-order chi connectivity index (χ0) is 22.8. The highest BCUT2D eigenvalue weighted by molar-refractivity contribution is 5.96. The van der Waals surface area contributed by atoms with Crippen LogP contribution in [-0.2, 0) is 22.5 Å². The van der Waals surface area contributed by atoms with Crippen molar-refractivity contribution in [1.29, 1.82) is 0 Å². The number of carbonyl (C=O) groups excluding carboxylic acids is 1. The number of fused-ring (bicyclic) bond motifs is 1. The van der Waals surface area contributed by atoms with Crippen LogP contribution in [0.2, 0.25) is 0 Å². The minimum atomic E-state index is 0.0484. The van der Waals surface area contributed by atoms with E-state index in [0.717, 1.165) is 74.4 Å². The molecule has 1 atom stereocenters. The molecule has 5 rings (SSSR count). The summed E-state index contributed by atoms with van der Waals surface area (Å²) in [7, 11) is 0. The van der Waals surface area contributed by atoms with E-state index in [-0.39, 0.29) is 18.4 Å². The third-order valence-electron chi connectivity index (χ3n) is 6.55. The lowest BCUT2D eigenvalue weighted by Crippen LogP contribution is -2.40. The molecule has 2 aliphatic rings. The number of piperidine rings is 1. The normalized spacial score (nSPS) is 19.8. The molecule has 33 heavy (non-hydrogen) atoms. The maximum Gasteiger partial charge on any atom is 0.261 e. The van der Waals surface area contributed by atoms with Crippen LogP contribution < -0.4 is 5.32 Å². The lowest BCUT2D eigenvalue weighted by atomic mass is 10.00. The van der Waals surface area contributed by atoms with E-state index in [1.165, 1.54) is 6.42 Å². The number of likely N-dealkylation sites (tertiary alicyclic amines) is 1. The molecule has 2 fully saturated rings. The van der Waals surface area contributed by atoms with Crippen molar-refractivity contribution >= 4 is 22.6 Å². The fourth-order valence-corrected chi connectivity index (χ4v) is 4.72. The maximum atomic E-state index is 12.8. The molecule has 2 aliphatic heterocycles. The molecule has 176 valence electrons. The molecule has 2 saturated heterocycles. The van der Waals surface area contributed by atoms with Gasteiger partial charge in [0.05, 0.1) is 29.3 Å². The van der Waals surface area contributed by atoms with Crippen LogP contribution in [0.1, 0.15) is 45.4 Å². The van der Waals surface area contributed by atoms with Gasteiger partial charge in [-0.1, -0.05) is 12.1 Å². The average Bonchev–Trinajstić information content (AvgIpc) is 3.47. The first-order valence-corrected chi connectivity index (χ1v) is 11.9. The van der Waals surface area contributed by atoms with Crippen LogP contribution in [-0.4, -0.2) is 68.1 Å². The van der Waals surface area contributed by atoms with Gasteiger partial charge >= 0.3 is 0 Å². The quantitative estimate of drug-likeness (QED) is 0.606. The van der Waals surface area contributed by atoms with Crippen molar-refractivity contribution in [1.82, 2.24) is 29.8 Å². The summed E-state index contributed by atoms with van der Waals surface area (Å²) in [5.41, 5.74) is 2.42. The summed E-state index contributed by atoms with van der Waals surface area (Å²) < 4.78 is 13.0. The zero-order valence-electron chi connectivity index (χ0n) is 19.3. The molecule has 0 bridgehead atoms. The first-order valence-electron chi connectivity index (χ1n) is 11.9. The first kappa shape index (κ1) is 21.8. The molecule has 1 amide bonds. The number of aryl methyl sites for hydroxylation is 1. The van der Waals surface area contributed by atoms with Gasteiger partial charge in [0.25, 0.3) is 5.89 Å². The first-order chi connectivity index (χ1) is 16.1. The largest absolute Gasteiger partial charge is 0.381 e. The Kier molecular flexibility index (Phi) is 6.26. The van der Waals surface area contributed by atoms with Crippen molar-refractivity contribution in [3.05, 3.63) is 18.2 Å². The van der Waals surface area contributed by atoms with E-state index in [0.29, 0.717) is 17.6 Å². The van der Waals surface area contributed by atoms with E-state index >= 15 is 0 Å². The van der Waals surface area contributed by atoms with Crippen LogP contribution in [0.4, 0.5) is 5.69 Å². The second-order valence-electron chi connectivity index (χ2n) is 9.06. The number of rotatable bonds is 6. The molecule has 1 N–H and O–H groups in total. The minimum Gasteiger partial charge on any atom is -0.381 e. The number of hydrogen-bond acceptors (Lipinski definition) is 8. The lowest BCUT2D eigenvalue weighted by molar-refractivity contribution is -0.132. The van der Waals surface area contributed by atoms with Crippen LogP contribution in [0.5, 0.6) is 0 Å². The molecule has 0 aliphatic carbocycles. The number of carbonyl (C=O) groups is 1. The summed E-state index contributed by atoms with van der Waals surface area (Å²) in [4.78, 5) is 23.9. The van der Waals surface area contributed by atoms with Gasteiger partial charge in [0.2, 0.25) is 5.91 Å². The van der Waals surface area contributed by atoms with Gasteiger partial charge < -0.3 is 19.5 Å². The summed E-state index contributed by atoms with van der Waals surface area (Å²) in [6, 6.07) is 0.276. The van der Waals surface area contributed by atoms with Crippen molar-refractivity contribution in [3.8, 4) is 11.5 Å². The van der Waals surface area contributed by atoms with Crippen molar-refractivity contribution in [3.63, 3.8) is 0 Å². The highest BCUT2D eigenvalue weighted by Gasteiger charge is 2.25. The van der Waals surface area contributed by atoms with Crippen LogP contribution >= 0.6 is 0 Å². The molecular formula is C23H31N7O3. The molecule has 5 heterocycles. The number of ether oxygens (including phenoxy) is 1. The number of pyridine rings is 1. The van der Waals surface area contributed by atoms with Crippen LogP contribution in [0, 0.1) is 5.92 Å². The number of amides is 1. The second kappa shape index (κ2) is 9.46. The van der Waals surface area contributed by atoms with Gasteiger partial charge in [-0.05, 0) is 38.5 Å². The summed E-state index contributed by atoms with van der Waals surface area (Å²) in [6.45, 7) is 8.02. The topological polar surface area (TPSA) is 111 Å². The number of nitrogens with one attached hydrogen (secondary N) is 1. The van der Waals surface area contributed by atoms with Gasteiger partial charge in [-0.25, -0.2) is 9.67 Å². The van der Waals surface area contributed by atoms with Gasteiger partial charge in [0.15, 0.2) is 11.5 Å². The van der Waals surface area contributed by atoms with Crippen molar-refractivity contribution in [2.24, 2.45) is 5.92 Å². The van der Waals surface area contributed by atoms with E-state index < -0.39 is 0 Å². The molecule has 10 heteroatoms. The predicted molar refractivity (Wildman–Crippen MR) is 123 cm³/mol. The monoisotopic (exact) mass is 453 g/mol. The van der Waals surface area contributed by atoms with Gasteiger partial charge in [0.1, 0.15) is 0 Å². The molecule has 0 saturated carbocycles. The average molecular weight is 454 g/mol. The van der Waals surface area contributed by atoms with Crippen LogP contribution in [0.3, 0.4) is 0 Å². The number of anilines is 1. The third kappa shape index (κ3) is 4.57. The molecular weight excluding hydrogens is 422 g/mol. The summed E-state index contributed by atoms with van der Waals surface area (Å²) in [5.74, 6) is 1.34. The Balaban J connectivity index is 1.42. The molecule has 0 radical (unpaired) electrons. The van der Waals surface area contributed by atoms with Crippen LogP contribution in [0.25, 0.3) is 22.5 Å². The Morgan fingerprint density at radius 3 is 2.88 bits per heavy atom. The fourth-order valence-electron chi connectivity index (χ4n) is 4.72. The predicted octanol–water partition coefficient (Wildman–Crippen LogP) is 2.89. The van der Waals surface area contributed by atoms with E-state index in [1.54, 1.807) is 6.20 Å². The molecule has 3 aromatic heterocycles. The minimum absolute atomic E-state index is 0.0484. The standard InChI is InChI=1S/C23H31N7O3/c1-3-30-22-17(13-25-30)21(26-16-6-9-32-10-7-16)18(12-24-22)23-27-19(28-33-23)11-20(31)29-8-4-5-15(2)14-29/h12-13,15-16H,3-11,14H2,1-2H3,(H,24,26). The molecule has 0 aromatic carbocycles. The number of nitrogens with zero attached hydrogens (tertiary/aromatic N) is 6. The van der Waals surface area contributed by atoms with E-state index in [9.17, 15) is 4.79 Å². The number of hydrogen-bond donors (Lipinski definition) is 1. The van der Waals surface area contributed by atoms with E-state index in [1.807, 2.05) is 22.7 Å². The Labute approximate surface area is 192 Å². The maximum absolute atomic E-state index is 12.8. The third-order valence-corrected chi connectivity index (χ3v) is 6.55. The molecule has 0 spiro atoms. The smallest absolute Gasteiger partial charge is 0.261 e. The van der Waals surface area contributed by atoms with Crippen molar-refractivity contribution < 1.29 is 14.1 Å². The highest BCUT2D eigenvalue weighted by Crippen LogP contribution is 2.34.